The number of anilines is 1. The van der Waals surface area contributed by atoms with E-state index in [1.54, 1.807) is 31.2 Å². The highest BCUT2D eigenvalue weighted by molar-refractivity contribution is 7.89. The van der Waals surface area contributed by atoms with Gasteiger partial charge in [-0.05, 0) is 74.1 Å². The van der Waals surface area contributed by atoms with Crippen LogP contribution in [0.4, 0.5) is 5.13 Å². The molecule has 2 aromatic carbocycles. The minimum atomic E-state index is -4.01. The summed E-state index contributed by atoms with van der Waals surface area (Å²) in [6, 6.07) is 15.1. The van der Waals surface area contributed by atoms with Crippen molar-refractivity contribution in [2.45, 2.75) is 57.1 Å². The van der Waals surface area contributed by atoms with Crippen LogP contribution < -0.4 is 15.4 Å². The van der Waals surface area contributed by atoms with Crippen LogP contribution in [0.3, 0.4) is 0 Å². The van der Waals surface area contributed by atoms with Crippen LogP contribution in [0.25, 0.3) is 10.2 Å². The first-order chi connectivity index (χ1) is 22.6. The van der Waals surface area contributed by atoms with Gasteiger partial charge in [-0.25, -0.2) is 13.4 Å². The van der Waals surface area contributed by atoms with Gasteiger partial charge in [-0.2, -0.15) is 4.31 Å². The number of nitrogens with zero attached hydrogens (tertiary/aromatic N) is 4. The molecule has 0 unspecified atom stereocenters. The number of aliphatic hydroxyl groups excluding tert-OH is 1. The molecule has 14 heteroatoms. The Bertz CT molecular complexity index is 1700. The van der Waals surface area contributed by atoms with E-state index in [0.717, 1.165) is 47.1 Å². The van der Waals surface area contributed by atoms with Crippen molar-refractivity contribution >= 4 is 42.6 Å². The lowest BCUT2D eigenvalue weighted by Gasteiger charge is -2.30. The first-order valence-corrected chi connectivity index (χ1v) is 18.3. The van der Waals surface area contributed by atoms with Crippen molar-refractivity contribution in [2.75, 3.05) is 51.2 Å². The van der Waals surface area contributed by atoms with E-state index in [-0.39, 0.29) is 42.8 Å². The number of sulfonamides is 1. The predicted molar refractivity (Wildman–Crippen MR) is 182 cm³/mol. The summed E-state index contributed by atoms with van der Waals surface area (Å²) in [5.41, 5.74) is 1.60. The summed E-state index contributed by atoms with van der Waals surface area (Å²) >= 11 is 1.42. The number of nitrogens with one attached hydrogen (secondary N) is 2. The molecular weight excluding hydrogens is 641 g/mol. The smallest absolute Gasteiger partial charge is 0.258 e. The lowest BCUT2D eigenvalue weighted by Crippen LogP contribution is -2.52. The molecular formula is C33H44N6O6S2. The molecule has 0 saturated carbocycles. The second kappa shape index (κ2) is 16.0. The van der Waals surface area contributed by atoms with Crippen molar-refractivity contribution in [3.63, 3.8) is 0 Å². The van der Waals surface area contributed by atoms with E-state index in [9.17, 15) is 18.3 Å². The molecule has 5 rings (SSSR count). The fraction of sp³-hybridized carbons (Fsp3) is 0.485. The number of thiazole rings is 1. The maximum absolute atomic E-state index is 14.1. The van der Waals surface area contributed by atoms with E-state index in [1.807, 2.05) is 44.2 Å². The fourth-order valence-corrected chi connectivity index (χ4v) is 8.24. The zero-order valence-electron chi connectivity index (χ0n) is 27.1. The molecule has 47 heavy (non-hydrogen) atoms. The molecule has 3 heterocycles. The number of amides is 1. The van der Waals surface area contributed by atoms with E-state index in [0.29, 0.717) is 5.76 Å². The molecule has 3 N–H and O–H groups in total. The van der Waals surface area contributed by atoms with E-state index in [1.165, 1.54) is 28.5 Å². The standard InChI is InChI=1S/C33H44N6O6S2/c1-23(2)20-39(47(42,43)26-11-12-27-30(19-26)46-33(36-27)34-13-16-38-14-7-8-15-38)21-29(40)28(18-25-9-5-4-6-10-25)35-31(41)22-44-32-17-24(3)45-37-32/h4-6,9-12,17,19,23,28-29,40H,7-8,13-16,18,20-22H2,1-3H3,(H,34,36)(H,35,41)/t28-,29+/m0/s1. The number of aryl methyl sites for hydroxylation is 1. The normalized spacial score (nSPS) is 15.4. The Morgan fingerprint density at radius 2 is 1.89 bits per heavy atom. The molecule has 1 aliphatic heterocycles. The number of hydrogen-bond acceptors (Lipinski definition) is 11. The topological polar surface area (TPSA) is 150 Å². The molecule has 1 amide bonds. The fourth-order valence-electron chi connectivity index (χ4n) is 5.58. The molecule has 2 aromatic heterocycles. The Labute approximate surface area is 280 Å². The third kappa shape index (κ3) is 9.73. The molecule has 0 bridgehead atoms. The van der Waals surface area contributed by atoms with Gasteiger partial charge in [0.1, 0.15) is 5.76 Å². The van der Waals surface area contributed by atoms with E-state index >= 15 is 0 Å². The molecule has 12 nitrogen and oxygen atoms in total. The summed E-state index contributed by atoms with van der Waals surface area (Å²) < 4.78 is 40.7. The van der Waals surface area contributed by atoms with Crippen molar-refractivity contribution in [2.24, 2.45) is 5.92 Å². The summed E-state index contributed by atoms with van der Waals surface area (Å²) in [4.78, 5) is 20.1. The number of carbonyl (C=O) groups excluding carboxylic acids is 1. The number of rotatable bonds is 17. The van der Waals surface area contributed by atoms with Crippen molar-refractivity contribution in [3.8, 4) is 5.88 Å². The Morgan fingerprint density at radius 1 is 1.13 bits per heavy atom. The Hall–Kier alpha value is -3.56. The zero-order valence-corrected chi connectivity index (χ0v) is 28.7. The number of ether oxygens (including phenoxy) is 1. The van der Waals surface area contributed by atoms with Gasteiger partial charge in [-0.3, -0.25) is 4.79 Å². The van der Waals surface area contributed by atoms with Gasteiger partial charge in [0.15, 0.2) is 11.7 Å². The zero-order chi connectivity index (χ0) is 33.4. The monoisotopic (exact) mass is 684 g/mol. The van der Waals surface area contributed by atoms with Gasteiger partial charge in [0.2, 0.25) is 10.0 Å². The molecule has 2 atom stereocenters. The van der Waals surface area contributed by atoms with Crippen molar-refractivity contribution < 1.29 is 27.6 Å². The van der Waals surface area contributed by atoms with Crippen LogP contribution in [0.15, 0.2) is 64.0 Å². The highest BCUT2D eigenvalue weighted by atomic mass is 32.2. The minimum absolute atomic E-state index is 0.0167. The maximum atomic E-state index is 14.1. The SMILES string of the molecule is Cc1cc(OCC(=O)N[C@@H](Cc2ccccc2)[C@H](O)CN(CC(C)C)S(=O)(=O)c2ccc3nc(NCCN4CCCC4)sc3c2)no1. The van der Waals surface area contributed by atoms with Gasteiger partial charge in [-0.1, -0.05) is 55.5 Å². The molecule has 1 aliphatic rings. The summed E-state index contributed by atoms with van der Waals surface area (Å²) in [6.07, 6.45) is 1.54. The maximum Gasteiger partial charge on any atom is 0.258 e. The van der Waals surface area contributed by atoms with Crippen molar-refractivity contribution in [1.82, 2.24) is 24.7 Å². The number of fused-ring (bicyclic) bond motifs is 1. The van der Waals surface area contributed by atoms with Crippen molar-refractivity contribution in [3.05, 3.63) is 65.9 Å². The Balaban J connectivity index is 1.30. The van der Waals surface area contributed by atoms with Crippen molar-refractivity contribution in [1.29, 1.82) is 0 Å². The number of benzene rings is 2. The van der Waals surface area contributed by atoms with Gasteiger partial charge in [0.05, 0.1) is 27.3 Å². The van der Waals surface area contributed by atoms with Crippen LogP contribution in [0, 0.1) is 12.8 Å². The van der Waals surface area contributed by atoms with Crippen LogP contribution >= 0.6 is 11.3 Å². The summed E-state index contributed by atoms with van der Waals surface area (Å²) in [5, 5.41) is 22.2. The van der Waals surface area contributed by atoms with Gasteiger partial charge in [0, 0.05) is 32.2 Å². The Morgan fingerprint density at radius 3 is 2.60 bits per heavy atom. The van der Waals surface area contributed by atoms with E-state index < -0.39 is 28.1 Å². The minimum Gasteiger partial charge on any atom is -0.465 e. The lowest BCUT2D eigenvalue weighted by atomic mass is 10.0. The van der Waals surface area contributed by atoms with E-state index in [2.05, 4.69) is 25.7 Å². The Kier molecular flexibility index (Phi) is 11.9. The van der Waals surface area contributed by atoms with Gasteiger partial charge < -0.3 is 29.9 Å². The number of likely N-dealkylation sites (tertiary alicyclic amines) is 1. The second-order valence-electron chi connectivity index (χ2n) is 12.3. The average molecular weight is 685 g/mol. The summed E-state index contributed by atoms with van der Waals surface area (Å²) in [6.45, 7) is 9.16. The first kappa shape index (κ1) is 34.8. The van der Waals surface area contributed by atoms with Gasteiger partial charge >= 0.3 is 0 Å². The van der Waals surface area contributed by atoms with Crippen LogP contribution in [-0.4, -0.2) is 96.8 Å². The largest absolute Gasteiger partial charge is 0.465 e. The quantitative estimate of drug-likeness (QED) is 0.149. The highest BCUT2D eigenvalue weighted by Gasteiger charge is 2.32. The van der Waals surface area contributed by atoms with Crippen LogP contribution in [0.5, 0.6) is 5.88 Å². The van der Waals surface area contributed by atoms with Crippen LogP contribution in [0.2, 0.25) is 0 Å². The third-order valence-electron chi connectivity index (χ3n) is 7.93. The second-order valence-corrected chi connectivity index (χ2v) is 15.3. The molecule has 1 saturated heterocycles. The highest BCUT2D eigenvalue weighted by Crippen LogP contribution is 2.30. The molecule has 0 spiro atoms. The predicted octanol–water partition coefficient (Wildman–Crippen LogP) is 3.91. The van der Waals surface area contributed by atoms with Crippen LogP contribution in [-0.2, 0) is 21.2 Å². The van der Waals surface area contributed by atoms with E-state index in [4.69, 9.17) is 9.26 Å². The molecule has 1 fully saturated rings. The molecule has 0 aliphatic carbocycles. The molecule has 0 radical (unpaired) electrons. The first-order valence-electron chi connectivity index (χ1n) is 16.0. The van der Waals surface area contributed by atoms with Crippen LogP contribution in [0.1, 0.15) is 38.0 Å². The molecule has 254 valence electrons. The average Bonchev–Trinajstić information content (AvgIpc) is 3.80. The van der Waals surface area contributed by atoms with Gasteiger partial charge in [0.25, 0.3) is 11.8 Å². The summed E-state index contributed by atoms with van der Waals surface area (Å²) in [7, 11) is -4.01. The number of aromatic nitrogens is 2. The number of carbonyl (C=O) groups is 1. The summed E-state index contributed by atoms with van der Waals surface area (Å²) in [5.74, 6) is 0.222. The number of aliphatic hydroxyl groups is 1. The lowest BCUT2D eigenvalue weighted by molar-refractivity contribution is -0.124. The molecule has 4 aromatic rings. The van der Waals surface area contributed by atoms with Gasteiger partial charge in [-0.15, -0.1) is 0 Å². The third-order valence-corrected chi connectivity index (χ3v) is 10.7. The number of hydrogen-bond donors (Lipinski definition) is 3.